The van der Waals surface area contributed by atoms with E-state index in [-0.39, 0.29) is 0 Å². The number of carbonyl (C=O) groups excluding carboxylic acids is 1. The first kappa shape index (κ1) is 15.2. The van der Waals surface area contributed by atoms with Gasteiger partial charge >= 0.3 is 0 Å². The lowest BCUT2D eigenvalue weighted by molar-refractivity contribution is 0.112. The van der Waals surface area contributed by atoms with Crippen molar-refractivity contribution in [3.8, 4) is 22.8 Å². The van der Waals surface area contributed by atoms with Crippen molar-refractivity contribution in [1.29, 1.82) is 0 Å². The summed E-state index contributed by atoms with van der Waals surface area (Å²) in [6.45, 7) is 0.959. The van der Waals surface area contributed by atoms with Crippen molar-refractivity contribution < 1.29 is 14.3 Å². The first-order chi connectivity index (χ1) is 11.3. The molecule has 3 aromatic rings. The zero-order chi connectivity index (χ0) is 15.9. The number of rotatable bonds is 7. The number of aldehydes is 1. The molecule has 0 N–H and O–H groups in total. The Bertz CT molecular complexity index is 753. The zero-order valence-electron chi connectivity index (χ0n) is 12.3. The van der Waals surface area contributed by atoms with Crippen LogP contribution in [0.1, 0.15) is 9.80 Å². The molecule has 0 amide bonds. The lowest BCUT2D eigenvalue weighted by Gasteiger charge is -2.08. The Labute approximate surface area is 138 Å². The molecule has 0 fully saturated rings. The van der Waals surface area contributed by atoms with Crippen LogP contribution in [-0.4, -0.2) is 24.5 Å². The minimum atomic E-state index is 0.472. The van der Waals surface area contributed by atoms with Crippen LogP contribution in [0, 0.1) is 0 Å². The molecular formula is C18H15NO3S. The monoisotopic (exact) mass is 325 g/mol. The van der Waals surface area contributed by atoms with Gasteiger partial charge in [-0.15, -0.1) is 11.3 Å². The maximum atomic E-state index is 10.7. The van der Waals surface area contributed by atoms with Crippen molar-refractivity contribution in [3.63, 3.8) is 0 Å². The highest BCUT2D eigenvalue weighted by Crippen LogP contribution is 2.23. The Morgan fingerprint density at radius 3 is 2.17 bits per heavy atom. The van der Waals surface area contributed by atoms with E-state index < -0.39 is 0 Å². The van der Waals surface area contributed by atoms with Crippen LogP contribution in [0.2, 0.25) is 0 Å². The highest BCUT2D eigenvalue weighted by atomic mass is 32.1. The minimum Gasteiger partial charge on any atom is -0.490 e. The van der Waals surface area contributed by atoms with Gasteiger partial charge in [0.15, 0.2) is 11.3 Å². The molecule has 0 saturated heterocycles. The third kappa shape index (κ3) is 4.17. The van der Waals surface area contributed by atoms with E-state index >= 15 is 0 Å². The van der Waals surface area contributed by atoms with Crippen molar-refractivity contribution >= 4 is 17.6 Å². The van der Waals surface area contributed by atoms with E-state index in [9.17, 15) is 4.79 Å². The number of thiazole rings is 1. The number of nitrogens with zero attached hydrogens (tertiary/aromatic N) is 1. The number of hydrogen-bond acceptors (Lipinski definition) is 5. The summed E-state index contributed by atoms with van der Waals surface area (Å²) in [5.41, 5.74) is 1.76. The second-order valence-corrected chi connectivity index (χ2v) is 5.61. The fourth-order valence-electron chi connectivity index (χ4n) is 2.03. The maximum Gasteiger partial charge on any atom is 0.178 e. The van der Waals surface area contributed by atoms with Crippen LogP contribution in [0.15, 0.2) is 60.0 Å². The van der Waals surface area contributed by atoms with Gasteiger partial charge in [0.1, 0.15) is 24.7 Å². The van der Waals surface area contributed by atoms with E-state index in [0.717, 1.165) is 29.0 Å². The average molecular weight is 325 g/mol. The quantitative estimate of drug-likeness (QED) is 0.485. The molecule has 0 bridgehead atoms. The third-order valence-corrected chi connectivity index (χ3v) is 3.91. The molecular weight excluding hydrogens is 310 g/mol. The standard InChI is InChI=1S/C18H15NO3S/c20-12-18-19-17(13-23-18)14-6-8-16(9-7-14)22-11-10-21-15-4-2-1-3-5-15/h1-9,12-13H,10-11H2. The van der Waals surface area contributed by atoms with Crippen molar-refractivity contribution in [1.82, 2.24) is 4.98 Å². The van der Waals surface area contributed by atoms with Crippen molar-refractivity contribution in [3.05, 3.63) is 65.0 Å². The fraction of sp³-hybridized carbons (Fsp3) is 0.111. The molecule has 5 heteroatoms. The van der Waals surface area contributed by atoms with Gasteiger partial charge in [0, 0.05) is 10.9 Å². The number of benzene rings is 2. The molecule has 0 radical (unpaired) electrons. The first-order valence-corrected chi connectivity index (χ1v) is 8.05. The lowest BCUT2D eigenvalue weighted by Crippen LogP contribution is -2.08. The zero-order valence-corrected chi connectivity index (χ0v) is 13.2. The molecule has 0 unspecified atom stereocenters. The van der Waals surface area contributed by atoms with Gasteiger partial charge in [-0.2, -0.15) is 0 Å². The Balaban J connectivity index is 1.50. The van der Waals surface area contributed by atoms with Crippen molar-refractivity contribution in [2.45, 2.75) is 0 Å². The van der Waals surface area contributed by atoms with Crippen LogP contribution in [-0.2, 0) is 0 Å². The molecule has 116 valence electrons. The number of para-hydroxylation sites is 1. The molecule has 0 aliphatic rings. The summed E-state index contributed by atoms with van der Waals surface area (Å²) in [4.78, 5) is 14.9. The van der Waals surface area contributed by atoms with Gasteiger partial charge in [0.05, 0.1) is 5.69 Å². The Hall–Kier alpha value is -2.66. The normalized spacial score (nSPS) is 10.3. The summed E-state index contributed by atoms with van der Waals surface area (Å²) in [7, 11) is 0. The Kier molecular flexibility index (Phi) is 5.01. The Morgan fingerprint density at radius 1 is 0.913 bits per heavy atom. The molecule has 1 heterocycles. The second kappa shape index (κ2) is 7.56. The van der Waals surface area contributed by atoms with Gasteiger partial charge in [-0.3, -0.25) is 4.79 Å². The van der Waals surface area contributed by atoms with E-state index in [2.05, 4.69) is 4.98 Å². The average Bonchev–Trinajstić information content (AvgIpc) is 3.09. The summed E-state index contributed by atoms with van der Waals surface area (Å²) in [5.74, 6) is 1.61. The molecule has 1 aromatic heterocycles. The van der Waals surface area contributed by atoms with Crippen LogP contribution in [0.5, 0.6) is 11.5 Å². The van der Waals surface area contributed by atoms with Gasteiger partial charge in [-0.1, -0.05) is 18.2 Å². The van der Waals surface area contributed by atoms with Crippen LogP contribution in [0.3, 0.4) is 0 Å². The van der Waals surface area contributed by atoms with Crippen LogP contribution < -0.4 is 9.47 Å². The van der Waals surface area contributed by atoms with Gasteiger partial charge in [-0.25, -0.2) is 4.98 Å². The molecule has 23 heavy (non-hydrogen) atoms. The molecule has 3 rings (SSSR count). The number of carbonyl (C=O) groups is 1. The topological polar surface area (TPSA) is 48.4 Å². The maximum absolute atomic E-state index is 10.7. The summed E-state index contributed by atoms with van der Waals surface area (Å²) in [5, 5.41) is 2.35. The summed E-state index contributed by atoms with van der Waals surface area (Å²) >= 11 is 1.34. The molecule has 0 aliphatic carbocycles. The van der Waals surface area contributed by atoms with Gasteiger partial charge in [-0.05, 0) is 36.4 Å². The van der Waals surface area contributed by atoms with E-state index in [1.54, 1.807) is 0 Å². The summed E-state index contributed by atoms with van der Waals surface area (Å²) in [6, 6.07) is 17.3. The highest BCUT2D eigenvalue weighted by Gasteiger charge is 2.04. The summed E-state index contributed by atoms with van der Waals surface area (Å²) < 4.78 is 11.2. The number of ether oxygens (including phenoxy) is 2. The Morgan fingerprint density at radius 2 is 1.57 bits per heavy atom. The molecule has 0 atom stereocenters. The van der Waals surface area contributed by atoms with E-state index in [1.807, 2.05) is 60.0 Å². The minimum absolute atomic E-state index is 0.472. The van der Waals surface area contributed by atoms with Crippen molar-refractivity contribution in [2.75, 3.05) is 13.2 Å². The van der Waals surface area contributed by atoms with E-state index in [0.29, 0.717) is 18.2 Å². The van der Waals surface area contributed by atoms with Gasteiger partial charge in [0.2, 0.25) is 0 Å². The van der Waals surface area contributed by atoms with Crippen LogP contribution >= 0.6 is 11.3 Å². The predicted molar refractivity (Wildman–Crippen MR) is 90.4 cm³/mol. The largest absolute Gasteiger partial charge is 0.490 e. The molecule has 0 aliphatic heterocycles. The van der Waals surface area contributed by atoms with Gasteiger partial charge in [0.25, 0.3) is 0 Å². The SMILES string of the molecule is O=Cc1nc(-c2ccc(OCCOc3ccccc3)cc2)cs1. The van der Waals surface area contributed by atoms with Crippen LogP contribution in [0.4, 0.5) is 0 Å². The number of hydrogen-bond donors (Lipinski definition) is 0. The first-order valence-electron chi connectivity index (χ1n) is 7.17. The fourth-order valence-corrected chi connectivity index (χ4v) is 2.66. The van der Waals surface area contributed by atoms with Crippen LogP contribution in [0.25, 0.3) is 11.3 Å². The lowest BCUT2D eigenvalue weighted by atomic mass is 10.2. The second-order valence-electron chi connectivity index (χ2n) is 4.72. The van der Waals surface area contributed by atoms with E-state index in [4.69, 9.17) is 9.47 Å². The summed E-state index contributed by atoms with van der Waals surface area (Å²) in [6.07, 6.45) is 0.762. The van der Waals surface area contributed by atoms with Gasteiger partial charge < -0.3 is 9.47 Å². The third-order valence-electron chi connectivity index (χ3n) is 3.14. The van der Waals surface area contributed by atoms with E-state index in [1.165, 1.54) is 11.3 Å². The molecule has 0 spiro atoms. The number of aromatic nitrogens is 1. The molecule has 2 aromatic carbocycles. The van der Waals surface area contributed by atoms with Crippen molar-refractivity contribution in [2.24, 2.45) is 0 Å². The highest BCUT2D eigenvalue weighted by molar-refractivity contribution is 7.11. The smallest absolute Gasteiger partial charge is 0.178 e. The molecule has 4 nitrogen and oxygen atoms in total. The predicted octanol–water partition coefficient (Wildman–Crippen LogP) is 4.08. The molecule has 0 saturated carbocycles.